The molecule has 12 heavy (non-hydrogen) atoms. The van der Waals surface area contributed by atoms with E-state index in [1.165, 1.54) is 0 Å². The topological polar surface area (TPSA) is 29.5 Å². The van der Waals surface area contributed by atoms with Crippen LogP contribution in [0.25, 0.3) is 0 Å². The highest BCUT2D eigenvalue weighted by Crippen LogP contribution is 2.33. The van der Waals surface area contributed by atoms with E-state index in [-0.39, 0.29) is 6.10 Å². The van der Waals surface area contributed by atoms with Crippen LogP contribution in [0.1, 0.15) is 40.0 Å². The highest BCUT2D eigenvalue weighted by molar-refractivity contribution is 4.88. The lowest BCUT2D eigenvalue weighted by Gasteiger charge is -2.39. The summed E-state index contributed by atoms with van der Waals surface area (Å²) >= 11 is 0. The summed E-state index contributed by atoms with van der Waals surface area (Å²) in [6.45, 7) is 7.00. The summed E-state index contributed by atoms with van der Waals surface area (Å²) in [5.41, 5.74) is -0.466. The average Bonchev–Trinajstić information content (AvgIpc) is 2.02. The van der Waals surface area contributed by atoms with E-state index in [2.05, 4.69) is 13.8 Å². The van der Waals surface area contributed by atoms with Crippen LogP contribution in [0.4, 0.5) is 0 Å². The predicted octanol–water partition coefficient (Wildman–Crippen LogP) is 1.96. The first-order valence-corrected chi connectivity index (χ1v) is 4.92. The Morgan fingerprint density at radius 3 is 2.83 bits per heavy atom. The van der Waals surface area contributed by atoms with Crippen molar-refractivity contribution in [3.63, 3.8) is 0 Å². The van der Waals surface area contributed by atoms with E-state index in [4.69, 9.17) is 4.74 Å². The van der Waals surface area contributed by atoms with Crippen LogP contribution in [0.15, 0.2) is 0 Å². The molecule has 1 N–H and O–H groups in total. The molecule has 2 heteroatoms. The van der Waals surface area contributed by atoms with Gasteiger partial charge in [0.15, 0.2) is 0 Å². The van der Waals surface area contributed by atoms with Crippen molar-refractivity contribution in [2.24, 2.45) is 5.92 Å². The van der Waals surface area contributed by atoms with E-state index in [1.807, 2.05) is 6.92 Å². The number of rotatable bonds is 2. The summed E-state index contributed by atoms with van der Waals surface area (Å²) < 4.78 is 5.41. The maximum atomic E-state index is 10.2. The summed E-state index contributed by atoms with van der Waals surface area (Å²) in [5.74, 6) is 0.392. The van der Waals surface area contributed by atoms with E-state index in [0.717, 1.165) is 19.3 Å². The molecule has 0 saturated carbocycles. The van der Waals surface area contributed by atoms with Gasteiger partial charge in [0.25, 0.3) is 0 Å². The molecule has 0 aliphatic carbocycles. The molecule has 1 aliphatic rings. The summed E-state index contributed by atoms with van der Waals surface area (Å²) in [6, 6.07) is 0. The standard InChI is InChI=1S/C10H20O2/c1-4-8(2)10(11)5-6-12-9(3)7-10/h8-9,11H,4-7H2,1-3H3. The second-order valence-corrected chi connectivity index (χ2v) is 4.05. The third-order valence-electron chi connectivity index (χ3n) is 3.11. The Kier molecular flexibility index (Phi) is 3.13. The molecular formula is C10H20O2. The summed E-state index contributed by atoms with van der Waals surface area (Å²) in [4.78, 5) is 0. The second-order valence-electron chi connectivity index (χ2n) is 4.05. The molecule has 1 rings (SSSR count). The molecule has 0 radical (unpaired) electrons. The highest BCUT2D eigenvalue weighted by Gasteiger charge is 2.37. The van der Waals surface area contributed by atoms with Crippen LogP contribution in [0.3, 0.4) is 0 Å². The zero-order valence-electron chi connectivity index (χ0n) is 8.34. The smallest absolute Gasteiger partial charge is 0.0719 e. The Morgan fingerprint density at radius 1 is 1.67 bits per heavy atom. The van der Waals surface area contributed by atoms with Gasteiger partial charge >= 0.3 is 0 Å². The first kappa shape index (κ1) is 10.0. The van der Waals surface area contributed by atoms with Gasteiger partial charge in [0.1, 0.15) is 0 Å². The van der Waals surface area contributed by atoms with Crippen LogP contribution in [0, 0.1) is 5.92 Å². The van der Waals surface area contributed by atoms with Crippen LogP contribution >= 0.6 is 0 Å². The lowest BCUT2D eigenvalue weighted by molar-refractivity contribution is -0.123. The molecule has 2 nitrogen and oxygen atoms in total. The lowest BCUT2D eigenvalue weighted by Crippen LogP contribution is -2.44. The van der Waals surface area contributed by atoms with Gasteiger partial charge in [-0.15, -0.1) is 0 Å². The van der Waals surface area contributed by atoms with Crippen molar-refractivity contribution in [1.29, 1.82) is 0 Å². The Morgan fingerprint density at radius 2 is 2.33 bits per heavy atom. The van der Waals surface area contributed by atoms with Gasteiger partial charge in [-0.25, -0.2) is 0 Å². The molecule has 0 spiro atoms. The van der Waals surface area contributed by atoms with Crippen molar-refractivity contribution in [3.05, 3.63) is 0 Å². The molecule has 0 aromatic rings. The van der Waals surface area contributed by atoms with E-state index >= 15 is 0 Å². The van der Waals surface area contributed by atoms with Crippen LogP contribution < -0.4 is 0 Å². The van der Waals surface area contributed by atoms with Crippen molar-refractivity contribution in [1.82, 2.24) is 0 Å². The molecule has 3 unspecified atom stereocenters. The van der Waals surface area contributed by atoms with Gasteiger partial charge < -0.3 is 9.84 Å². The minimum absolute atomic E-state index is 0.220. The molecule has 0 aromatic carbocycles. The SMILES string of the molecule is CCC(C)C1(O)CCOC(C)C1. The van der Waals surface area contributed by atoms with Crippen LogP contribution in [0.5, 0.6) is 0 Å². The fourth-order valence-electron chi connectivity index (χ4n) is 1.92. The van der Waals surface area contributed by atoms with Gasteiger partial charge in [0.05, 0.1) is 11.7 Å². The molecule has 3 atom stereocenters. The van der Waals surface area contributed by atoms with Gasteiger partial charge in [0, 0.05) is 13.0 Å². The van der Waals surface area contributed by atoms with Gasteiger partial charge in [-0.3, -0.25) is 0 Å². The zero-order chi connectivity index (χ0) is 9.19. The van der Waals surface area contributed by atoms with Crippen molar-refractivity contribution in [2.75, 3.05) is 6.61 Å². The van der Waals surface area contributed by atoms with E-state index in [0.29, 0.717) is 12.5 Å². The molecule has 1 heterocycles. The van der Waals surface area contributed by atoms with E-state index in [9.17, 15) is 5.11 Å². The summed E-state index contributed by atoms with van der Waals surface area (Å²) in [5, 5.41) is 10.2. The Labute approximate surface area is 74.9 Å². The van der Waals surface area contributed by atoms with Crippen molar-refractivity contribution < 1.29 is 9.84 Å². The monoisotopic (exact) mass is 172 g/mol. The third-order valence-corrected chi connectivity index (χ3v) is 3.11. The lowest BCUT2D eigenvalue weighted by atomic mass is 9.79. The predicted molar refractivity (Wildman–Crippen MR) is 49.1 cm³/mol. The normalized spacial score (nSPS) is 39.5. The van der Waals surface area contributed by atoms with E-state index in [1.54, 1.807) is 0 Å². The molecule has 72 valence electrons. The Hall–Kier alpha value is -0.0800. The number of hydrogen-bond donors (Lipinski definition) is 1. The van der Waals surface area contributed by atoms with Gasteiger partial charge in [0.2, 0.25) is 0 Å². The maximum absolute atomic E-state index is 10.2. The molecule has 0 aromatic heterocycles. The molecule has 1 saturated heterocycles. The second kappa shape index (κ2) is 3.75. The molecule has 0 amide bonds. The summed E-state index contributed by atoms with van der Waals surface area (Å²) in [6.07, 6.45) is 2.86. The number of ether oxygens (including phenoxy) is 1. The Balaban J connectivity index is 2.56. The van der Waals surface area contributed by atoms with Crippen LogP contribution in [-0.4, -0.2) is 23.4 Å². The molecular weight excluding hydrogens is 152 g/mol. The molecule has 1 fully saturated rings. The fourth-order valence-corrected chi connectivity index (χ4v) is 1.92. The highest BCUT2D eigenvalue weighted by atomic mass is 16.5. The van der Waals surface area contributed by atoms with Gasteiger partial charge in [-0.2, -0.15) is 0 Å². The quantitative estimate of drug-likeness (QED) is 0.690. The van der Waals surface area contributed by atoms with Crippen molar-refractivity contribution in [2.45, 2.75) is 51.7 Å². The Bertz CT molecular complexity index is 147. The zero-order valence-corrected chi connectivity index (χ0v) is 8.34. The largest absolute Gasteiger partial charge is 0.389 e. The molecule has 0 bridgehead atoms. The maximum Gasteiger partial charge on any atom is 0.0719 e. The van der Waals surface area contributed by atoms with Gasteiger partial charge in [-0.1, -0.05) is 20.3 Å². The van der Waals surface area contributed by atoms with Crippen molar-refractivity contribution >= 4 is 0 Å². The van der Waals surface area contributed by atoms with Crippen LogP contribution in [-0.2, 0) is 4.74 Å². The minimum Gasteiger partial charge on any atom is -0.389 e. The fraction of sp³-hybridized carbons (Fsp3) is 1.00. The average molecular weight is 172 g/mol. The van der Waals surface area contributed by atoms with Crippen LogP contribution in [0.2, 0.25) is 0 Å². The van der Waals surface area contributed by atoms with Crippen molar-refractivity contribution in [3.8, 4) is 0 Å². The summed E-state index contributed by atoms with van der Waals surface area (Å²) in [7, 11) is 0. The van der Waals surface area contributed by atoms with E-state index < -0.39 is 5.60 Å². The first-order chi connectivity index (χ1) is 5.58. The number of aliphatic hydroxyl groups is 1. The van der Waals surface area contributed by atoms with Gasteiger partial charge in [-0.05, 0) is 19.3 Å². The first-order valence-electron chi connectivity index (χ1n) is 4.92. The minimum atomic E-state index is -0.466. The third kappa shape index (κ3) is 1.99. The number of hydrogen-bond acceptors (Lipinski definition) is 2. The molecule has 1 aliphatic heterocycles.